The van der Waals surface area contributed by atoms with E-state index in [-0.39, 0.29) is 60.5 Å². The lowest BCUT2D eigenvalue weighted by Gasteiger charge is -2.35. The largest absolute Gasteiger partial charge is 0.490 e. The number of esters is 1. The second-order valence-corrected chi connectivity index (χ2v) is 15.6. The van der Waals surface area contributed by atoms with Gasteiger partial charge in [-0.05, 0) is 95.3 Å². The number of nitrogens with zero attached hydrogens (tertiary/aromatic N) is 2. The molecule has 0 radical (unpaired) electrons. The highest BCUT2D eigenvalue weighted by atomic mass is 35.5. The number of hydrogen-bond acceptors (Lipinski definition) is 9. The van der Waals surface area contributed by atoms with Crippen LogP contribution in [0.3, 0.4) is 0 Å². The molecule has 1 heterocycles. The van der Waals surface area contributed by atoms with Gasteiger partial charge in [-0.15, -0.1) is 0 Å². The molecule has 0 unspecified atom stereocenters. The molecule has 51 heavy (non-hydrogen) atoms. The lowest BCUT2D eigenvalue weighted by atomic mass is 10.0. The van der Waals surface area contributed by atoms with Crippen LogP contribution in [0.15, 0.2) is 47.4 Å². The first kappa shape index (κ1) is 42.2. The van der Waals surface area contributed by atoms with E-state index in [1.807, 2.05) is 13.8 Å². The van der Waals surface area contributed by atoms with Gasteiger partial charge in [-0.2, -0.15) is 4.31 Å². The van der Waals surface area contributed by atoms with Crippen LogP contribution >= 0.6 is 11.6 Å². The molecule has 0 fully saturated rings. The Hall–Kier alpha value is -3.23. The van der Waals surface area contributed by atoms with Crippen molar-refractivity contribution in [1.29, 1.82) is 0 Å². The summed E-state index contributed by atoms with van der Waals surface area (Å²) < 4.78 is 45.7. The number of carbonyl (C=O) groups is 3. The molecule has 12 nitrogen and oxygen atoms in total. The summed E-state index contributed by atoms with van der Waals surface area (Å²) in [5.41, 5.74) is 0.662. The minimum Gasteiger partial charge on any atom is -0.490 e. The molecule has 3 rings (SSSR count). The predicted octanol–water partition coefficient (Wildman–Crippen LogP) is 5.91. The number of likely N-dealkylation sites (N-methyl/N-ethyl adjacent to an activating group) is 1. The number of nitrogens with one attached hydrogen (secondary N) is 1. The summed E-state index contributed by atoms with van der Waals surface area (Å²) in [5, 5.41) is 13.5. The first-order valence-corrected chi connectivity index (χ1v) is 19.6. The Balaban J connectivity index is 1.84. The van der Waals surface area contributed by atoms with Crippen LogP contribution in [0.25, 0.3) is 0 Å². The Bertz CT molecular complexity index is 1540. The van der Waals surface area contributed by atoms with Gasteiger partial charge in [0.2, 0.25) is 15.9 Å². The fourth-order valence-corrected chi connectivity index (χ4v) is 7.10. The van der Waals surface area contributed by atoms with E-state index < -0.39 is 28.1 Å². The number of anilines is 1. The van der Waals surface area contributed by atoms with Crippen LogP contribution in [-0.2, 0) is 29.1 Å². The van der Waals surface area contributed by atoms with Crippen molar-refractivity contribution >= 4 is 45.1 Å². The van der Waals surface area contributed by atoms with Crippen LogP contribution < -0.4 is 10.1 Å². The van der Waals surface area contributed by atoms with Crippen molar-refractivity contribution in [2.45, 2.75) is 102 Å². The Labute approximate surface area is 307 Å². The highest BCUT2D eigenvalue weighted by molar-refractivity contribution is 7.89. The first-order valence-electron chi connectivity index (χ1n) is 17.8. The van der Waals surface area contributed by atoms with Crippen molar-refractivity contribution in [2.75, 3.05) is 45.3 Å². The molecule has 4 atom stereocenters. The van der Waals surface area contributed by atoms with E-state index in [0.717, 1.165) is 12.8 Å². The fourth-order valence-electron chi connectivity index (χ4n) is 5.79. The molecule has 1 aliphatic heterocycles. The summed E-state index contributed by atoms with van der Waals surface area (Å²) in [5.74, 6) is -0.849. The fraction of sp³-hybridized carbons (Fsp3) is 0.595. The summed E-state index contributed by atoms with van der Waals surface area (Å²) in [6.07, 6.45) is 3.87. The average Bonchev–Trinajstić information content (AvgIpc) is 3.09. The molecule has 2 amide bonds. The molecule has 1 aliphatic rings. The van der Waals surface area contributed by atoms with Crippen LogP contribution in [0.1, 0.15) is 89.4 Å². The Morgan fingerprint density at radius 2 is 1.80 bits per heavy atom. The Kier molecular flexibility index (Phi) is 17.1. The quantitative estimate of drug-likeness (QED) is 0.177. The van der Waals surface area contributed by atoms with Crippen molar-refractivity contribution in [1.82, 2.24) is 9.21 Å². The number of carbonyl (C=O) groups excluding carboxylic acids is 3. The van der Waals surface area contributed by atoms with Crippen LogP contribution in [0.2, 0.25) is 5.02 Å². The summed E-state index contributed by atoms with van der Waals surface area (Å²) in [4.78, 5) is 40.4. The molecule has 14 heteroatoms. The SMILES string of the molecule is CCOC(=O)CCCCCC(=O)Nc1ccc2c(c1)C(=O)N([C@H](C)CO)C[C@@H](C)[C@@H](CN(C)S(=O)(=O)c1ccc(Cl)cc1)OCCCC[C@H](C)O2. The molecule has 2 aromatic rings. The summed E-state index contributed by atoms with van der Waals surface area (Å²) in [7, 11) is -2.36. The molecule has 0 saturated heterocycles. The number of aliphatic hydroxyl groups is 1. The van der Waals surface area contributed by atoms with Crippen molar-refractivity contribution in [3.8, 4) is 5.75 Å². The smallest absolute Gasteiger partial charge is 0.305 e. The van der Waals surface area contributed by atoms with E-state index in [4.69, 9.17) is 25.8 Å². The van der Waals surface area contributed by atoms with Crippen LogP contribution in [0, 0.1) is 5.92 Å². The minimum atomic E-state index is -3.86. The molecule has 0 aromatic heterocycles. The van der Waals surface area contributed by atoms with E-state index in [0.29, 0.717) is 61.8 Å². The van der Waals surface area contributed by atoms with E-state index in [1.165, 1.54) is 35.6 Å². The van der Waals surface area contributed by atoms with Gasteiger partial charge in [-0.1, -0.05) is 24.9 Å². The number of amides is 2. The topological polar surface area (TPSA) is 152 Å². The average molecular weight is 752 g/mol. The lowest BCUT2D eigenvalue weighted by Crippen LogP contribution is -2.48. The third-order valence-electron chi connectivity index (χ3n) is 8.88. The zero-order valence-electron chi connectivity index (χ0n) is 30.4. The van der Waals surface area contributed by atoms with Crippen LogP contribution in [0.4, 0.5) is 5.69 Å². The van der Waals surface area contributed by atoms with Gasteiger partial charge < -0.3 is 29.5 Å². The van der Waals surface area contributed by atoms with Gasteiger partial charge in [0.1, 0.15) is 5.75 Å². The predicted molar refractivity (Wildman–Crippen MR) is 196 cm³/mol. The zero-order valence-corrected chi connectivity index (χ0v) is 32.0. The molecular formula is C37H54ClN3O9S. The third-order valence-corrected chi connectivity index (χ3v) is 11.0. The van der Waals surface area contributed by atoms with Crippen molar-refractivity contribution in [2.24, 2.45) is 5.92 Å². The monoisotopic (exact) mass is 751 g/mol. The summed E-state index contributed by atoms with van der Waals surface area (Å²) in [6.45, 7) is 7.93. The Morgan fingerprint density at radius 3 is 2.49 bits per heavy atom. The number of fused-ring (bicyclic) bond motifs is 1. The maximum atomic E-state index is 14.4. The van der Waals surface area contributed by atoms with Gasteiger partial charge in [0.05, 0.1) is 41.9 Å². The van der Waals surface area contributed by atoms with Crippen LogP contribution in [-0.4, -0.2) is 98.7 Å². The molecule has 0 bridgehead atoms. The van der Waals surface area contributed by atoms with E-state index >= 15 is 0 Å². The first-order chi connectivity index (χ1) is 24.3. The molecule has 2 N–H and O–H groups in total. The number of aliphatic hydroxyl groups excluding tert-OH is 1. The minimum absolute atomic E-state index is 0.0385. The number of sulfonamides is 1. The number of halogens is 1. The molecule has 0 aliphatic carbocycles. The second-order valence-electron chi connectivity index (χ2n) is 13.2. The number of hydrogen-bond donors (Lipinski definition) is 2. The number of rotatable bonds is 14. The molecule has 0 saturated carbocycles. The highest BCUT2D eigenvalue weighted by Gasteiger charge is 2.32. The molecular weight excluding hydrogens is 698 g/mol. The van der Waals surface area contributed by atoms with Gasteiger partial charge in [0, 0.05) is 56.2 Å². The van der Waals surface area contributed by atoms with Gasteiger partial charge in [0.15, 0.2) is 0 Å². The number of ether oxygens (including phenoxy) is 3. The summed E-state index contributed by atoms with van der Waals surface area (Å²) >= 11 is 5.99. The van der Waals surface area contributed by atoms with Crippen molar-refractivity contribution < 1.29 is 42.1 Å². The highest BCUT2D eigenvalue weighted by Crippen LogP contribution is 2.29. The van der Waals surface area contributed by atoms with E-state index in [1.54, 1.807) is 36.9 Å². The number of unbranched alkanes of at least 4 members (excludes halogenated alkanes) is 2. The molecule has 2 aromatic carbocycles. The summed E-state index contributed by atoms with van der Waals surface area (Å²) in [6, 6.07) is 10.3. The zero-order chi connectivity index (χ0) is 37.6. The van der Waals surface area contributed by atoms with Crippen LogP contribution in [0.5, 0.6) is 5.75 Å². The van der Waals surface area contributed by atoms with Gasteiger partial charge in [0.25, 0.3) is 5.91 Å². The van der Waals surface area contributed by atoms with E-state index in [9.17, 15) is 27.9 Å². The van der Waals surface area contributed by atoms with Gasteiger partial charge >= 0.3 is 5.97 Å². The van der Waals surface area contributed by atoms with E-state index in [2.05, 4.69) is 5.32 Å². The molecule has 284 valence electrons. The Morgan fingerprint density at radius 1 is 1.10 bits per heavy atom. The third kappa shape index (κ3) is 13.0. The standard InChI is InChI=1S/C37H54ClN3O9S/c1-6-48-36(44)14-9-7-8-13-35(43)39-30-17-20-33-32(22-30)37(45)41(27(3)25-42)23-26(2)34(49-21-11-10-12-28(4)50-33)24-40(5)51(46,47)31-18-15-29(38)16-19-31/h15-20,22,26-28,34,42H,6-14,21,23-25H2,1-5H3,(H,39,43)/t26-,27-,28+,34-/m1/s1. The lowest BCUT2D eigenvalue weighted by molar-refractivity contribution is -0.143. The maximum absolute atomic E-state index is 14.4. The molecule has 0 spiro atoms. The normalized spacial score (nSPS) is 19.8. The number of benzene rings is 2. The second kappa shape index (κ2) is 20.7. The van der Waals surface area contributed by atoms with Gasteiger partial charge in [-0.3, -0.25) is 14.4 Å². The van der Waals surface area contributed by atoms with Crippen molar-refractivity contribution in [3.05, 3.63) is 53.1 Å². The van der Waals surface area contributed by atoms with Gasteiger partial charge in [-0.25, -0.2) is 8.42 Å². The van der Waals surface area contributed by atoms with Crippen molar-refractivity contribution in [3.63, 3.8) is 0 Å². The maximum Gasteiger partial charge on any atom is 0.305 e.